The van der Waals surface area contributed by atoms with Crippen LogP contribution in [0.4, 0.5) is 0 Å². The summed E-state index contributed by atoms with van der Waals surface area (Å²) in [4.78, 5) is 9.90. The summed E-state index contributed by atoms with van der Waals surface area (Å²) in [6, 6.07) is 0. The lowest BCUT2D eigenvalue weighted by atomic mass is 10.0. The molecule has 0 heterocycles. The normalized spacial score (nSPS) is 15.8. The summed E-state index contributed by atoms with van der Waals surface area (Å²) in [6.45, 7) is 0.441. The molecule has 9 N–H and O–H groups in total. The molecule has 0 aliphatic carbocycles. The number of rotatable bonds is 7. The number of aliphatic hydroxyl groups excluding tert-OH is 9. The maximum absolute atomic E-state index is 9.90. The van der Waals surface area contributed by atoms with Gasteiger partial charge in [-0.25, -0.2) is 0 Å². The van der Waals surface area contributed by atoms with E-state index in [1.165, 1.54) is 0 Å². The van der Waals surface area contributed by atoms with Gasteiger partial charge in [0.25, 0.3) is 0 Å². The molecule has 21 heavy (non-hydrogen) atoms. The summed E-state index contributed by atoms with van der Waals surface area (Å²) in [7, 11) is 0. The van der Waals surface area contributed by atoms with Gasteiger partial charge < -0.3 is 50.8 Å². The topological polar surface area (TPSA) is 199 Å². The average Bonchev–Trinajstić information content (AvgIpc) is 2.52. The zero-order valence-electron chi connectivity index (χ0n) is 11.7. The molecule has 0 unspecified atom stereocenters. The van der Waals surface area contributed by atoms with Crippen molar-refractivity contribution in [2.45, 2.75) is 37.4 Å². The van der Waals surface area contributed by atoms with Crippen LogP contribution < -0.4 is 0 Å². The van der Waals surface area contributed by atoms with Crippen molar-refractivity contribution >= 4 is 6.29 Å². The minimum absolute atomic E-state index is 0.0258. The van der Waals surface area contributed by atoms with Crippen LogP contribution in [-0.4, -0.2) is 109 Å². The van der Waals surface area contributed by atoms with Crippen LogP contribution in [0.5, 0.6) is 0 Å². The Morgan fingerprint density at radius 1 is 0.810 bits per heavy atom. The fraction of sp³-hybridized carbons (Fsp3) is 0.909. The third-order valence-corrected chi connectivity index (χ3v) is 1.84. The second-order valence-corrected chi connectivity index (χ2v) is 3.69. The fourth-order valence-electron chi connectivity index (χ4n) is 0.676. The highest BCUT2D eigenvalue weighted by Crippen LogP contribution is 2.02. The van der Waals surface area contributed by atoms with E-state index in [2.05, 4.69) is 0 Å². The third kappa shape index (κ3) is 15.5. The molecular formula is C11H26O10. The van der Waals surface area contributed by atoms with Gasteiger partial charge in [-0.1, -0.05) is 0 Å². The van der Waals surface area contributed by atoms with Crippen LogP contribution in [0.25, 0.3) is 0 Å². The summed E-state index contributed by atoms with van der Waals surface area (Å²) in [5, 5.41) is 75.1. The standard InChI is InChI=1S/C6H12O6.C3H8O3.C2H6O/c7-1-3(9)5(11)6(12)4(10)2-8;4-1-3(6)2-5;1-2-3/h1,3-6,8-12H,2H2;3-6H,1-2H2;3H,2H2,1H3/t3-,4+,5+,6+;;/m0../s1. The predicted octanol–water partition coefficient (Wildman–Crippen LogP) is -5.05. The molecule has 0 aliphatic rings. The summed E-state index contributed by atoms with van der Waals surface area (Å²) in [5.41, 5.74) is 0. The van der Waals surface area contributed by atoms with Gasteiger partial charge in [0.1, 0.15) is 30.5 Å². The lowest BCUT2D eigenvalue weighted by molar-refractivity contribution is -0.136. The molecule has 0 rings (SSSR count). The van der Waals surface area contributed by atoms with Crippen molar-refractivity contribution in [3.05, 3.63) is 0 Å². The Hall–Kier alpha value is -0.690. The molecule has 0 saturated carbocycles. The first-order valence-electron chi connectivity index (χ1n) is 6.06. The first-order chi connectivity index (χ1) is 9.76. The number of aldehydes is 1. The van der Waals surface area contributed by atoms with Crippen LogP contribution in [0.3, 0.4) is 0 Å². The molecule has 0 spiro atoms. The van der Waals surface area contributed by atoms with Crippen LogP contribution in [-0.2, 0) is 4.79 Å². The van der Waals surface area contributed by atoms with E-state index in [4.69, 9.17) is 46.0 Å². The van der Waals surface area contributed by atoms with Crippen LogP contribution in [0.1, 0.15) is 6.92 Å². The van der Waals surface area contributed by atoms with Crippen molar-refractivity contribution in [1.29, 1.82) is 0 Å². The van der Waals surface area contributed by atoms with Crippen LogP contribution in [0, 0.1) is 0 Å². The van der Waals surface area contributed by atoms with Gasteiger partial charge in [0.15, 0.2) is 6.29 Å². The molecule has 0 aliphatic heterocycles. The Bertz CT molecular complexity index is 211. The molecule has 130 valence electrons. The van der Waals surface area contributed by atoms with Gasteiger partial charge in [0.2, 0.25) is 0 Å². The lowest BCUT2D eigenvalue weighted by Crippen LogP contribution is -2.46. The molecule has 0 aromatic heterocycles. The summed E-state index contributed by atoms with van der Waals surface area (Å²) in [5.74, 6) is 0. The largest absolute Gasteiger partial charge is 0.397 e. The Morgan fingerprint density at radius 3 is 1.38 bits per heavy atom. The maximum atomic E-state index is 9.90. The van der Waals surface area contributed by atoms with E-state index >= 15 is 0 Å². The quantitative estimate of drug-likeness (QED) is 0.205. The maximum Gasteiger partial charge on any atom is 0.151 e. The van der Waals surface area contributed by atoms with Crippen LogP contribution in [0.2, 0.25) is 0 Å². The molecule has 0 aromatic rings. The highest BCUT2D eigenvalue weighted by atomic mass is 16.4. The number of hydrogen-bond acceptors (Lipinski definition) is 10. The van der Waals surface area contributed by atoms with E-state index in [-0.39, 0.29) is 26.1 Å². The predicted molar refractivity (Wildman–Crippen MR) is 70.1 cm³/mol. The van der Waals surface area contributed by atoms with Gasteiger partial charge in [-0.2, -0.15) is 0 Å². The molecule has 0 amide bonds. The molecule has 10 heteroatoms. The number of carbonyl (C=O) groups is 1. The van der Waals surface area contributed by atoms with Crippen LogP contribution in [0.15, 0.2) is 0 Å². The van der Waals surface area contributed by atoms with E-state index in [1.807, 2.05) is 0 Å². The Labute approximate surface area is 122 Å². The monoisotopic (exact) mass is 318 g/mol. The SMILES string of the molecule is CCO.O=C[C@H](O)[C@@H](O)[C@H](O)[C@H](O)CO.OCC(O)CO. The van der Waals surface area contributed by atoms with E-state index in [9.17, 15) is 4.79 Å². The molecule has 0 radical (unpaired) electrons. The number of hydrogen-bond donors (Lipinski definition) is 9. The van der Waals surface area contributed by atoms with Crippen molar-refractivity contribution in [2.75, 3.05) is 26.4 Å². The summed E-state index contributed by atoms with van der Waals surface area (Å²) < 4.78 is 0. The molecule has 4 atom stereocenters. The van der Waals surface area contributed by atoms with E-state index in [0.717, 1.165) is 0 Å². The highest BCUT2D eigenvalue weighted by molar-refractivity contribution is 5.56. The minimum Gasteiger partial charge on any atom is -0.397 e. The van der Waals surface area contributed by atoms with Gasteiger partial charge in [-0.05, 0) is 6.92 Å². The fourth-order valence-corrected chi connectivity index (χ4v) is 0.676. The van der Waals surface area contributed by atoms with Crippen molar-refractivity contribution in [3.8, 4) is 0 Å². The molecule has 0 bridgehead atoms. The highest BCUT2D eigenvalue weighted by Gasteiger charge is 2.29. The lowest BCUT2D eigenvalue weighted by Gasteiger charge is -2.22. The zero-order chi connectivity index (χ0) is 17.4. The average molecular weight is 318 g/mol. The second-order valence-electron chi connectivity index (χ2n) is 3.69. The van der Waals surface area contributed by atoms with Crippen molar-refractivity contribution in [2.24, 2.45) is 0 Å². The molecular weight excluding hydrogens is 292 g/mol. The Balaban J connectivity index is -0.000000300. The van der Waals surface area contributed by atoms with Gasteiger partial charge in [-0.15, -0.1) is 0 Å². The van der Waals surface area contributed by atoms with E-state index < -0.39 is 37.1 Å². The van der Waals surface area contributed by atoms with Gasteiger partial charge in [0, 0.05) is 6.61 Å². The number of aliphatic hydroxyl groups is 9. The van der Waals surface area contributed by atoms with Gasteiger partial charge in [0.05, 0.1) is 19.8 Å². The molecule has 10 nitrogen and oxygen atoms in total. The third-order valence-electron chi connectivity index (χ3n) is 1.84. The molecule has 0 fully saturated rings. The van der Waals surface area contributed by atoms with Gasteiger partial charge >= 0.3 is 0 Å². The Morgan fingerprint density at radius 2 is 1.19 bits per heavy atom. The first-order valence-corrected chi connectivity index (χ1v) is 6.06. The summed E-state index contributed by atoms with van der Waals surface area (Å²) in [6.07, 6.45) is -7.79. The first kappa shape index (κ1) is 25.3. The Kier molecular flexibility index (Phi) is 20.9. The molecule has 0 saturated heterocycles. The van der Waals surface area contributed by atoms with Crippen molar-refractivity contribution in [3.63, 3.8) is 0 Å². The smallest absolute Gasteiger partial charge is 0.151 e. The molecule has 0 aromatic carbocycles. The van der Waals surface area contributed by atoms with Crippen molar-refractivity contribution < 1.29 is 50.8 Å². The van der Waals surface area contributed by atoms with Crippen LogP contribution >= 0.6 is 0 Å². The van der Waals surface area contributed by atoms with E-state index in [1.54, 1.807) is 6.92 Å². The zero-order valence-corrected chi connectivity index (χ0v) is 11.7. The van der Waals surface area contributed by atoms with Crippen molar-refractivity contribution in [1.82, 2.24) is 0 Å². The van der Waals surface area contributed by atoms with Gasteiger partial charge in [-0.3, -0.25) is 0 Å². The number of carbonyl (C=O) groups excluding carboxylic acids is 1. The summed E-state index contributed by atoms with van der Waals surface area (Å²) >= 11 is 0. The minimum atomic E-state index is -1.79. The van der Waals surface area contributed by atoms with E-state index in [0.29, 0.717) is 0 Å². The second kappa shape index (κ2) is 17.4.